The van der Waals surface area contributed by atoms with Gasteiger partial charge < -0.3 is 13.9 Å². The van der Waals surface area contributed by atoms with Crippen LogP contribution in [0.3, 0.4) is 0 Å². The Morgan fingerprint density at radius 1 is 1.30 bits per heavy atom. The van der Waals surface area contributed by atoms with Gasteiger partial charge in [-0.15, -0.1) is 0 Å². The third-order valence-electron chi connectivity index (χ3n) is 0.574. The molecule has 6 heteroatoms. The van der Waals surface area contributed by atoms with E-state index in [0.717, 1.165) is 0 Å². The van der Waals surface area contributed by atoms with Crippen molar-refractivity contribution in [3.05, 3.63) is 0 Å². The maximum Gasteiger partial charge on any atom is 1.00 e. The van der Waals surface area contributed by atoms with Gasteiger partial charge in [0.25, 0.3) is 0 Å². The topological polar surface area (TPSA) is 41.5 Å². The van der Waals surface area contributed by atoms with Crippen LogP contribution in [0.15, 0.2) is 0 Å². The van der Waals surface area contributed by atoms with E-state index in [1.807, 2.05) is 0 Å². The van der Waals surface area contributed by atoms with Crippen LogP contribution in [0.25, 0.3) is 0 Å². The first-order valence-corrected chi connectivity index (χ1v) is 5.28. The van der Waals surface area contributed by atoms with E-state index in [9.17, 15) is 4.89 Å². The molecule has 0 aromatic heterocycles. The molecule has 0 aromatic carbocycles. The molecule has 0 saturated heterocycles. The van der Waals surface area contributed by atoms with Gasteiger partial charge in [-0.3, -0.25) is 0 Å². The van der Waals surface area contributed by atoms with Gasteiger partial charge in [0.2, 0.25) is 0 Å². The van der Waals surface area contributed by atoms with E-state index in [1.54, 1.807) is 13.8 Å². The summed E-state index contributed by atoms with van der Waals surface area (Å²) in [5.41, 5.74) is 0. The molecule has 0 aliphatic rings. The molecule has 0 rings (SSSR count). The van der Waals surface area contributed by atoms with Gasteiger partial charge in [0.05, 0.1) is 13.2 Å². The second-order valence-electron chi connectivity index (χ2n) is 1.28. The van der Waals surface area contributed by atoms with Crippen molar-refractivity contribution in [3.8, 4) is 0 Å². The fourth-order valence-electron chi connectivity index (χ4n) is 0.353. The molecule has 0 unspecified atom stereocenters. The zero-order chi connectivity index (χ0) is 7.33. The van der Waals surface area contributed by atoms with Gasteiger partial charge in [0.15, 0.2) is 0 Å². The second kappa shape index (κ2) is 6.95. The van der Waals surface area contributed by atoms with Gasteiger partial charge in [0.1, 0.15) is 6.72 Å². The van der Waals surface area contributed by atoms with Crippen LogP contribution in [-0.4, -0.2) is 13.2 Å². The Morgan fingerprint density at radius 3 is 1.80 bits per heavy atom. The van der Waals surface area contributed by atoms with Crippen LogP contribution >= 0.6 is 6.72 Å². The van der Waals surface area contributed by atoms with E-state index in [-0.39, 0.29) is 22.4 Å². The first-order valence-electron chi connectivity index (χ1n) is 2.72. The summed E-state index contributed by atoms with van der Waals surface area (Å²) in [7, 11) is 0. The van der Waals surface area contributed by atoms with Crippen molar-refractivity contribution in [1.29, 1.82) is 0 Å². The van der Waals surface area contributed by atoms with Crippen LogP contribution in [-0.2, 0) is 43.2 Å². The average molecular weight is 277 g/mol. The first-order chi connectivity index (χ1) is 4.12. The molecule has 0 saturated carbocycles. The Bertz CT molecular complexity index is 111. The van der Waals surface area contributed by atoms with Gasteiger partial charge in [-0.05, 0) is 13.8 Å². The Morgan fingerprint density at radius 2 is 1.60 bits per heavy atom. The Hall–Kier alpha value is 1.27. The summed E-state index contributed by atoms with van der Waals surface area (Å²) in [5.74, 6) is 0. The van der Waals surface area contributed by atoms with E-state index in [4.69, 9.17) is 0 Å². The molecule has 0 spiro atoms. The van der Waals surface area contributed by atoms with E-state index in [0.29, 0.717) is 13.2 Å². The maximum absolute atomic E-state index is 10.8. The second-order valence-corrected chi connectivity index (χ2v) is 4.04. The summed E-state index contributed by atoms with van der Waals surface area (Å²) >= 11 is 4.45. The third kappa shape index (κ3) is 7.38. The minimum Gasteiger partial charge on any atom is -0.780 e. The largest absolute Gasteiger partial charge is 1.00 e. The van der Waals surface area contributed by atoms with Gasteiger partial charge in [-0.25, -0.2) is 0 Å². The molecule has 0 fully saturated rings. The zero-order valence-corrected chi connectivity index (χ0v) is 8.99. The molecule has 0 bridgehead atoms. The number of rotatable bonds is 4. The van der Waals surface area contributed by atoms with Crippen LogP contribution in [0.5, 0.6) is 0 Å². The maximum atomic E-state index is 10.8. The van der Waals surface area contributed by atoms with E-state index in [2.05, 4.69) is 20.9 Å². The summed E-state index contributed by atoms with van der Waals surface area (Å²) in [5, 5.41) is 0. The van der Waals surface area contributed by atoms with Gasteiger partial charge in [0, 0.05) is 0 Å². The quantitative estimate of drug-likeness (QED) is 0.558. The van der Waals surface area contributed by atoms with E-state index < -0.39 is 6.72 Å². The summed E-state index contributed by atoms with van der Waals surface area (Å²) < 4.78 is 9.24. The normalized spacial score (nSPS) is 10.7. The van der Waals surface area contributed by atoms with E-state index in [1.165, 1.54) is 0 Å². The molecular weight excluding hydrogens is 267 g/mol. The molecule has 0 aromatic rings. The standard InChI is InChI=1S/C4H11O3PS.Ag/c1-3-6-8(5,9)7-4-2;/h3-4H2,1-2H3,(H,5,9);/q;+1/p-1. The van der Waals surface area contributed by atoms with Gasteiger partial charge in [-0.1, -0.05) is 11.8 Å². The summed E-state index contributed by atoms with van der Waals surface area (Å²) in [6.45, 7) is 0.999. The molecule has 0 atom stereocenters. The Kier molecular flexibility index (Phi) is 9.61. The monoisotopic (exact) mass is 276 g/mol. The number of hydrogen-bond donors (Lipinski definition) is 0. The third-order valence-corrected chi connectivity index (χ3v) is 2.36. The molecule has 0 radical (unpaired) electrons. The van der Waals surface area contributed by atoms with Crippen molar-refractivity contribution in [2.45, 2.75) is 13.8 Å². The van der Waals surface area contributed by atoms with Crippen LogP contribution in [0.4, 0.5) is 0 Å². The molecule has 0 heterocycles. The summed E-state index contributed by atoms with van der Waals surface area (Å²) in [6, 6.07) is 0. The summed E-state index contributed by atoms with van der Waals surface area (Å²) in [6.07, 6.45) is 0. The van der Waals surface area contributed by atoms with Crippen LogP contribution < -0.4 is 4.89 Å². The average Bonchev–Trinajstić information content (AvgIpc) is 1.64. The minimum atomic E-state index is -3.11. The van der Waals surface area contributed by atoms with E-state index >= 15 is 0 Å². The molecule has 10 heavy (non-hydrogen) atoms. The zero-order valence-electron chi connectivity index (χ0n) is 5.80. The predicted molar refractivity (Wildman–Crippen MR) is 37.5 cm³/mol. The number of hydrogen-bond acceptors (Lipinski definition) is 4. The fraction of sp³-hybridized carbons (Fsp3) is 1.00. The first kappa shape index (κ1) is 13.8. The molecule has 0 aliphatic carbocycles. The Balaban J connectivity index is 0. The fourth-order valence-corrected chi connectivity index (χ4v) is 1.69. The SMILES string of the molecule is CCOP([O-])(=S)OCC.[Ag+]. The smallest absolute Gasteiger partial charge is 0.780 e. The van der Waals surface area contributed by atoms with Crippen molar-refractivity contribution in [2.24, 2.45) is 0 Å². The van der Waals surface area contributed by atoms with Crippen molar-refractivity contribution in [3.63, 3.8) is 0 Å². The predicted octanol–water partition coefficient (Wildman–Crippen LogP) is 0.642. The Labute approximate surface area is 81.9 Å². The molecule has 0 amide bonds. The van der Waals surface area contributed by atoms with Crippen molar-refractivity contribution in [1.82, 2.24) is 0 Å². The molecule has 0 aliphatic heterocycles. The minimum absolute atomic E-state index is 0. The molecule has 0 N–H and O–H groups in total. The van der Waals surface area contributed by atoms with Gasteiger partial charge >= 0.3 is 22.4 Å². The van der Waals surface area contributed by atoms with Crippen molar-refractivity contribution < 1.29 is 36.3 Å². The summed E-state index contributed by atoms with van der Waals surface area (Å²) in [4.78, 5) is 10.8. The van der Waals surface area contributed by atoms with Crippen LogP contribution in [0.1, 0.15) is 13.8 Å². The van der Waals surface area contributed by atoms with Gasteiger partial charge in [-0.2, -0.15) is 0 Å². The molecule has 3 nitrogen and oxygen atoms in total. The van der Waals surface area contributed by atoms with Crippen LogP contribution in [0.2, 0.25) is 0 Å². The van der Waals surface area contributed by atoms with Crippen molar-refractivity contribution >= 4 is 18.5 Å². The molecular formula is C4H10AgO3PS. The molecule has 66 valence electrons. The van der Waals surface area contributed by atoms with Crippen molar-refractivity contribution in [2.75, 3.05) is 13.2 Å². The van der Waals surface area contributed by atoms with Crippen LogP contribution in [0, 0.1) is 0 Å².